The van der Waals surface area contributed by atoms with Crippen molar-refractivity contribution in [3.8, 4) is 0 Å². The van der Waals surface area contributed by atoms with Gasteiger partial charge in [-0.2, -0.15) is 0 Å². The third-order valence-corrected chi connectivity index (χ3v) is 2.43. The van der Waals surface area contributed by atoms with Crippen LogP contribution in [0.4, 0.5) is 0 Å². The van der Waals surface area contributed by atoms with Gasteiger partial charge in [0.2, 0.25) is 0 Å². The molecule has 0 aromatic rings. The molecule has 4 nitrogen and oxygen atoms in total. The summed E-state index contributed by atoms with van der Waals surface area (Å²) in [5.74, 6) is 0. The molecule has 0 spiro atoms. The van der Waals surface area contributed by atoms with Crippen LogP contribution in [0.3, 0.4) is 0 Å². The maximum absolute atomic E-state index is 5.93. The molecule has 1 saturated heterocycles. The van der Waals surface area contributed by atoms with Gasteiger partial charge in [0, 0.05) is 19.7 Å². The monoisotopic (exact) mass is 218 g/mol. The number of rotatable bonds is 4. The lowest BCUT2D eigenvalue weighted by molar-refractivity contribution is -0.0260. The Hall–Kier alpha value is -0.160. The summed E-state index contributed by atoms with van der Waals surface area (Å²) < 4.78 is 10.5. The van der Waals surface area contributed by atoms with Crippen LogP contribution in [-0.2, 0) is 9.47 Å². The highest BCUT2D eigenvalue weighted by atomic mass is 16.5. The Morgan fingerprint density at radius 3 is 2.60 bits per heavy atom. The van der Waals surface area contributed by atoms with Gasteiger partial charge < -0.3 is 20.1 Å². The highest BCUT2D eigenvalue weighted by Gasteiger charge is 2.24. The first kappa shape index (κ1) is 14.8. The number of likely N-dealkylation sites (N-methyl/N-ethyl adjacent to an activating group) is 1. The van der Waals surface area contributed by atoms with Crippen molar-refractivity contribution in [2.45, 2.75) is 32.4 Å². The molecular formula is C11H26N2O2. The Morgan fingerprint density at radius 1 is 1.33 bits per heavy atom. The molecular weight excluding hydrogens is 192 g/mol. The van der Waals surface area contributed by atoms with Crippen LogP contribution in [-0.4, -0.2) is 57.5 Å². The number of piperidine rings is 1. The molecule has 0 radical (unpaired) electrons. The molecule has 2 N–H and O–H groups in total. The standard InChI is InChI=1S/C9H20N2O2.C2H6/c1-11-4-3-8(10)9(7-11)13-6-5-12-2;1-2/h8-9H,3-7,10H2,1-2H3;1-2H3/t8-,9-;/m1./s1. The summed E-state index contributed by atoms with van der Waals surface area (Å²) in [5, 5.41) is 0. The van der Waals surface area contributed by atoms with E-state index in [-0.39, 0.29) is 12.1 Å². The van der Waals surface area contributed by atoms with Gasteiger partial charge in [-0.1, -0.05) is 13.8 Å². The average molecular weight is 218 g/mol. The molecule has 4 heteroatoms. The van der Waals surface area contributed by atoms with Crippen molar-refractivity contribution in [3.05, 3.63) is 0 Å². The van der Waals surface area contributed by atoms with Crippen LogP contribution >= 0.6 is 0 Å². The summed E-state index contributed by atoms with van der Waals surface area (Å²) in [4.78, 5) is 2.25. The number of methoxy groups -OCH3 is 1. The van der Waals surface area contributed by atoms with Crippen LogP contribution in [0.25, 0.3) is 0 Å². The quantitative estimate of drug-likeness (QED) is 0.706. The number of nitrogens with two attached hydrogens (primary N) is 1. The van der Waals surface area contributed by atoms with Crippen molar-refractivity contribution >= 4 is 0 Å². The number of hydrogen-bond donors (Lipinski definition) is 1. The molecule has 0 amide bonds. The summed E-state index contributed by atoms with van der Waals surface area (Å²) in [6.07, 6.45) is 1.20. The molecule has 1 aliphatic rings. The van der Waals surface area contributed by atoms with Crippen molar-refractivity contribution in [1.82, 2.24) is 4.90 Å². The van der Waals surface area contributed by atoms with E-state index in [0.29, 0.717) is 13.2 Å². The smallest absolute Gasteiger partial charge is 0.0854 e. The van der Waals surface area contributed by atoms with Gasteiger partial charge in [0.25, 0.3) is 0 Å². The van der Waals surface area contributed by atoms with Crippen LogP contribution < -0.4 is 5.73 Å². The number of likely N-dealkylation sites (tertiary alicyclic amines) is 1. The molecule has 15 heavy (non-hydrogen) atoms. The normalized spacial score (nSPS) is 27.0. The van der Waals surface area contributed by atoms with Gasteiger partial charge in [-0.15, -0.1) is 0 Å². The number of ether oxygens (including phenoxy) is 2. The second kappa shape index (κ2) is 9.09. The fourth-order valence-electron chi connectivity index (χ4n) is 1.55. The number of hydrogen-bond acceptors (Lipinski definition) is 4. The summed E-state index contributed by atoms with van der Waals surface area (Å²) in [6.45, 7) is 7.30. The molecule has 0 aromatic heterocycles. The Morgan fingerprint density at radius 2 is 2.00 bits per heavy atom. The Balaban J connectivity index is 0.000000921. The summed E-state index contributed by atoms with van der Waals surface area (Å²) in [7, 11) is 3.77. The SMILES string of the molecule is CC.COCCO[C@@H]1CN(C)CC[C@H]1N. The largest absolute Gasteiger partial charge is 0.382 e. The van der Waals surface area contributed by atoms with Gasteiger partial charge >= 0.3 is 0 Å². The highest BCUT2D eigenvalue weighted by Crippen LogP contribution is 2.10. The van der Waals surface area contributed by atoms with Crippen molar-refractivity contribution in [3.63, 3.8) is 0 Å². The third kappa shape index (κ3) is 6.10. The summed E-state index contributed by atoms with van der Waals surface area (Å²) >= 11 is 0. The summed E-state index contributed by atoms with van der Waals surface area (Å²) in [6, 6.07) is 0.188. The zero-order chi connectivity index (χ0) is 11.7. The fourth-order valence-corrected chi connectivity index (χ4v) is 1.55. The van der Waals surface area contributed by atoms with E-state index in [2.05, 4.69) is 11.9 Å². The predicted molar refractivity (Wildman–Crippen MR) is 63.1 cm³/mol. The average Bonchev–Trinajstić information content (AvgIpc) is 2.26. The molecule has 0 aromatic carbocycles. The zero-order valence-electron chi connectivity index (χ0n) is 10.5. The van der Waals surface area contributed by atoms with E-state index in [1.807, 2.05) is 13.8 Å². The lowest BCUT2D eigenvalue weighted by Gasteiger charge is -2.34. The molecule has 1 rings (SSSR count). The maximum atomic E-state index is 5.93. The van der Waals surface area contributed by atoms with Crippen LogP contribution in [0.15, 0.2) is 0 Å². The van der Waals surface area contributed by atoms with Gasteiger partial charge in [0.05, 0.1) is 19.3 Å². The molecule has 0 unspecified atom stereocenters. The van der Waals surface area contributed by atoms with Crippen LogP contribution in [0.2, 0.25) is 0 Å². The summed E-state index contributed by atoms with van der Waals surface area (Å²) in [5.41, 5.74) is 5.93. The first-order chi connectivity index (χ1) is 7.24. The van der Waals surface area contributed by atoms with Crippen LogP contribution in [0.5, 0.6) is 0 Å². The Bertz CT molecular complexity index is 145. The Labute approximate surface area is 93.7 Å². The zero-order valence-corrected chi connectivity index (χ0v) is 10.5. The topological polar surface area (TPSA) is 47.7 Å². The van der Waals surface area contributed by atoms with E-state index in [1.54, 1.807) is 7.11 Å². The van der Waals surface area contributed by atoms with Gasteiger partial charge in [0.15, 0.2) is 0 Å². The Kier molecular flexibility index (Phi) is 9.00. The van der Waals surface area contributed by atoms with Crippen molar-refractivity contribution < 1.29 is 9.47 Å². The van der Waals surface area contributed by atoms with Crippen molar-refractivity contribution in [1.29, 1.82) is 0 Å². The van der Waals surface area contributed by atoms with Gasteiger partial charge in [-0.25, -0.2) is 0 Å². The fraction of sp³-hybridized carbons (Fsp3) is 1.00. The van der Waals surface area contributed by atoms with E-state index >= 15 is 0 Å². The first-order valence-corrected chi connectivity index (χ1v) is 5.78. The molecule has 1 fully saturated rings. The van der Waals surface area contributed by atoms with Crippen LogP contribution in [0, 0.1) is 0 Å². The molecule has 0 aliphatic carbocycles. The van der Waals surface area contributed by atoms with Crippen molar-refractivity contribution in [2.75, 3.05) is 40.5 Å². The van der Waals surface area contributed by atoms with Gasteiger partial charge in [0.1, 0.15) is 0 Å². The van der Waals surface area contributed by atoms with Crippen LogP contribution in [0.1, 0.15) is 20.3 Å². The van der Waals surface area contributed by atoms with E-state index in [9.17, 15) is 0 Å². The molecule has 92 valence electrons. The molecule has 1 heterocycles. The van der Waals surface area contributed by atoms with Crippen molar-refractivity contribution in [2.24, 2.45) is 5.73 Å². The third-order valence-electron chi connectivity index (χ3n) is 2.43. The van der Waals surface area contributed by atoms with Gasteiger partial charge in [-0.05, 0) is 20.0 Å². The number of nitrogens with zero attached hydrogens (tertiary/aromatic N) is 1. The van der Waals surface area contributed by atoms with E-state index in [0.717, 1.165) is 19.5 Å². The minimum absolute atomic E-state index is 0.175. The highest BCUT2D eigenvalue weighted by molar-refractivity contribution is 4.82. The maximum Gasteiger partial charge on any atom is 0.0854 e. The lowest BCUT2D eigenvalue weighted by atomic mass is 10.0. The molecule has 0 saturated carbocycles. The lowest BCUT2D eigenvalue weighted by Crippen LogP contribution is -2.50. The second-order valence-electron chi connectivity index (χ2n) is 3.62. The molecule has 2 atom stereocenters. The minimum Gasteiger partial charge on any atom is -0.382 e. The van der Waals surface area contributed by atoms with E-state index in [4.69, 9.17) is 15.2 Å². The van der Waals surface area contributed by atoms with E-state index in [1.165, 1.54) is 0 Å². The first-order valence-electron chi connectivity index (χ1n) is 5.78. The second-order valence-corrected chi connectivity index (χ2v) is 3.62. The molecule has 0 bridgehead atoms. The van der Waals surface area contributed by atoms with Gasteiger partial charge in [-0.3, -0.25) is 0 Å². The van der Waals surface area contributed by atoms with E-state index < -0.39 is 0 Å². The molecule has 1 aliphatic heterocycles. The predicted octanol–water partition coefficient (Wildman–Crippen LogP) is 0.707. The minimum atomic E-state index is 0.175.